The second-order valence-electron chi connectivity index (χ2n) is 5.90. The third-order valence-electron chi connectivity index (χ3n) is 3.75. The predicted octanol–water partition coefficient (Wildman–Crippen LogP) is 5.11. The summed E-state index contributed by atoms with van der Waals surface area (Å²) in [5.74, 6) is -0.336. The average molecular weight is 421 g/mol. The minimum Gasteiger partial charge on any atom is -0.436 e. The molecule has 0 aliphatic rings. The fraction of sp³-hybridized carbons (Fsp3) is 0.105. The highest BCUT2D eigenvalue weighted by Gasteiger charge is 2.30. The summed E-state index contributed by atoms with van der Waals surface area (Å²) in [6.45, 7) is 0. The molecule has 0 saturated carbocycles. The lowest BCUT2D eigenvalue weighted by molar-refractivity contribution is -0.137. The van der Waals surface area contributed by atoms with Crippen LogP contribution in [0.4, 0.5) is 39.5 Å². The van der Waals surface area contributed by atoms with Gasteiger partial charge in [0, 0.05) is 30.6 Å². The standard InChI is InChI=1S/C19H15F4N5O2/c1-24-16-9-17(26-10-25-16)30-15-6-5-13(8-14(15)20)28-18(29)27-12-4-2-3-11(7-12)19(21,22)23/h2-10H,1H3,(H,24,25,26)(H2,27,28,29). The molecule has 1 heterocycles. The highest BCUT2D eigenvalue weighted by atomic mass is 19.4. The molecule has 11 heteroatoms. The first kappa shape index (κ1) is 20.8. The molecule has 0 radical (unpaired) electrons. The van der Waals surface area contributed by atoms with E-state index < -0.39 is 23.6 Å². The first-order valence-corrected chi connectivity index (χ1v) is 8.47. The zero-order chi connectivity index (χ0) is 21.7. The van der Waals surface area contributed by atoms with E-state index in [1.54, 1.807) is 7.05 Å². The van der Waals surface area contributed by atoms with Crippen LogP contribution in [0.15, 0.2) is 54.9 Å². The maximum Gasteiger partial charge on any atom is 0.416 e. The third-order valence-corrected chi connectivity index (χ3v) is 3.75. The van der Waals surface area contributed by atoms with Gasteiger partial charge in [0.25, 0.3) is 0 Å². The number of amides is 2. The van der Waals surface area contributed by atoms with Crippen LogP contribution in [0.5, 0.6) is 11.6 Å². The van der Waals surface area contributed by atoms with Gasteiger partial charge < -0.3 is 20.7 Å². The summed E-state index contributed by atoms with van der Waals surface area (Å²) in [5.41, 5.74) is -0.895. The van der Waals surface area contributed by atoms with Crippen molar-refractivity contribution in [3.63, 3.8) is 0 Å². The van der Waals surface area contributed by atoms with Gasteiger partial charge in [0.15, 0.2) is 11.6 Å². The Balaban J connectivity index is 1.66. The first-order valence-electron chi connectivity index (χ1n) is 8.47. The molecule has 1 aromatic heterocycles. The van der Waals surface area contributed by atoms with Gasteiger partial charge in [-0.25, -0.2) is 19.2 Å². The number of carbonyl (C=O) groups is 1. The molecule has 3 rings (SSSR count). The van der Waals surface area contributed by atoms with Crippen molar-refractivity contribution in [2.24, 2.45) is 0 Å². The number of nitrogens with one attached hydrogen (secondary N) is 3. The van der Waals surface area contributed by atoms with Crippen LogP contribution in [0.2, 0.25) is 0 Å². The fourth-order valence-electron chi connectivity index (χ4n) is 2.37. The van der Waals surface area contributed by atoms with Crippen molar-refractivity contribution >= 4 is 23.2 Å². The van der Waals surface area contributed by atoms with E-state index in [-0.39, 0.29) is 23.0 Å². The largest absolute Gasteiger partial charge is 0.436 e. The topological polar surface area (TPSA) is 88.2 Å². The highest BCUT2D eigenvalue weighted by Crippen LogP contribution is 2.31. The van der Waals surface area contributed by atoms with Crippen molar-refractivity contribution in [3.05, 3.63) is 66.2 Å². The number of alkyl halides is 3. The van der Waals surface area contributed by atoms with Crippen LogP contribution in [-0.4, -0.2) is 23.0 Å². The summed E-state index contributed by atoms with van der Waals surface area (Å²) in [6.07, 6.45) is -3.29. The SMILES string of the molecule is CNc1cc(Oc2ccc(NC(=O)Nc3cccc(C(F)(F)F)c3)cc2F)ncn1. The summed E-state index contributed by atoms with van der Waals surface area (Å²) < 4.78 is 57.9. The van der Waals surface area contributed by atoms with Gasteiger partial charge in [-0.3, -0.25) is 0 Å². The molecule has 3 aromatic rings. The molecule has 0 unspecified atom stereocenters. The lowest BCUT2D eigenvalue weighted by atomic mass is 10.2. The minimum atomic E-state index is -4.54. The van der Waals surface area contributed by atoms with E-state index in [0.717, 1.165) is 24.3 Å². The molecule has 0 aliphatic heterocycles. The van der Waals surface area contributed by atoms with E-state index in [0.29, 0.717) is 5.82 Å². The number of hydrogen-bond donors (Lipinski definition) is 3. The molecule has 2 aromatic carbocycles. The van der Waals surface area contributed by atoms with E-state index >= 15 is 0 Å². The quantitative estimate of drug-likeness (QED) is 0.498. The van der Waals surface area contributed by atoms with Crippen molar-refractivity contribution in [2.45, 2.75) is 6.18 Å². The highest BCUT2D eigenvalue weighted by molar-refractivity contribution is 5.99. The lowest BCUT2D eigenvalue weighted by Crippen LogP contribution is -2.20. The van der Waals surface area contributed by atoms with Gasteiger partial charge in [-0.2, -0.15) is 13.2 Å². The Hall–Kier alpha value is -3.89. The number of anilines is 3. The van der Waals surface area contributed by atoms with E-state index in [4.69, 9.17) is 4.74 Å². The summed E-state index contributed by atoms with van der Waals surface area (Å²) in [7, 11) is 1.65. The summed E-state index contributed by atoms with van der Waals surface area (Å²) >= 11 is 0. The number of carbonyl (C=O) groups excluding carboxylic acids is 1. The average Bonchev–Trinajstić information content (AvgIpc) is 2.70. The zero-order valence-electron chi connectivity index (χ0n) is 15.4. The number of rotatable bonds is 5. The van der Waals surface area contributed by atoms with Crippen molar-refractivity contribution in [1.82, 2.24) is 9.97 Å². The molecular weight excluding hydrogens is 406 g/mol. The Morgan fingerprint density at radius 1 is 1.00 bits per heavy atom. The number of ether oxygens (including phenoxy) is 1. The minimum absolute atomic E-state index is 0.0631. The van der Waals surface area contributed by atoms with Crippen LogP contribution in [0.3, 0.4) is 0 Å². The molecule has 0 bridgehead atoms. The van der Waals surface area contributed by atoms with E-state index in [2.05, 4.69) is 25.9 Å². The van der Waals surface area contributed by atoms with Gasteiger partial charge >= 0.3 is 12.2 Å². The van der Waals surface area contributed by atoms with Crippen LogP contribution in [0, 0.1) is 5.82 Å². The number of aromatic nitrogens is 2. The van der Waals surface area contributed by atoms with Crippen LogP contribution >= 0.6 is 0 Å². The predicted molar refractivity (Wildman–Crippen MR) is 102 cm³/mol. The Bertz CT molecular complexity index is 1060. The molecule has 0 fully saturated rings. The molecule has 3 N–H and O–H groups in total. The molecule has 0 atom stereocenters. The zero-order valence-corrected chi connectivity index (χ0v) is 15.4. The number of nitrogens with zero attached hydrogens (tertiary/aromatic N) is 2. The summed E-state index contributed by atoms with van der Waals surface area (Å²) in [5, 5.41) is 7.39. The van der Waals surface area contributed by atoms with Crippen molar-refractivity contribution < 1.29 is 27.1 Å². The van der Waals surface area contributed by atoms with Gasteiger partial charge in [0.05, 0.1) is 5.56 Å². The molecule has 156 valence electrons. The molecule has 2 amide bonds. The maximum atomic E-state index is 14.3. The van der Waals surface area contributed by atoms with Crippen LogP contribution in [0.25, 0.3) is 0 Å². The lowest BCUT2D eigenvalue weighted by Gasteiger charge is -2.12. The van der Waals surface area contributed by atoms with Gasteiger partial charge in [-0.1, -0.05) is 6.07 Å². The van der Waals surface area contributed by atoms with E-state index in [9.17, 15) is 22.4 Å². The van der Waals surface area contributed by atoms with Gasteiger partial charge in [-0.15, -0.1) is 0 Å². The molecule has 0 saturated heterocycles. The second-order valence-corrected chi connectivity index (χ2v) is 5.90. The van der Waals surface area contributed by atoms with Gasteiger partial charge in [0.2, 0.25) is 5.88 Å². The number of benzene rings is 2. The van der Waals surface area contributed by atoms with Gasteiger partial charge in [-0.05, 0) is 30.3 Å². The van der Waals surface area contributed by atoms with Crippen LogP contribution in [0.1, 0.15) is 5.56 Å². The normalized spacial score (nSPS) is 11.0. The summed E-state index contributed by atoms with van der Waals surface area (Å²) in [6, 6.07) is 8.41. The summed E-state index contributed by atoms with van der Waals surface area (Å²) in [4.78, 5) is 19.8. The molecule has 30 heavy (non-hydrogen) atoms. The fourth-order valence-corrected chi connectivity index (χ4v) is 2.37. The maximum absolute atomic E-state index is 14.3. The Labute approximate surface area is 168 Å². The van der Waals surface area contributed by atoms with Crippen LogP contribution in [-0.2, 0) is 6.18 Å². The first-order chi connectivity index (χ1) is 14.2. The Kier molecular flexibility index (Phi) is 6.00. The van der Waals surface area contributed by atoms with Crippen LogP contribution < -0.4 is 20.7 Å². The number of halogens is 4. The molecular formula is C19H15F4N5O2. The third kappa shape index (κ3) is 5.34. The second kappa shape index (κ2) is 8.64. The van der Waals surface area contributed by atoms with Gasteiger partial charge in [0.1, 0.15) is 12.1 Å². The van der Waals surface area contributed by atoms with Crippen molar-refractivity contribution in [2.75, 3.05) is 23.0 Å². The van der Waals surface area contributed by atoms with E-state index in [1.807, 2.05) is 0 Å². The molecule has 7 nitrogen and oxygen atoms in total. The monoisotopic (exact) mass is 421 g/mol. The number of hydrogen-bond acceptors (Lipinski definition) is 5. The smallest absolute Gasteiger partial charge is 0.416 e. The van der Waals surface area contributed by atoms with Crippen molar-refractivity contribution in [3.8, 4) is 11.6 Å². The molecule has 0 spiro atoms. The Morgan fingerprint density at radius 3 is 2.40 bits per heavy atom. The molecule has 0 aliphatic carbocycles. The number of urea groups is 1. The van der Waals surface area contributed by atoms with Crippen molar-refractivity contribution in [1.29, 1.82) is 0 Å². The Morgan fingerprint density at radius 2 is 1.73 bits per heavy atom. The van der Waals surface area contributed by atoms with E-state index in [1.165, 1.54) is 30.6 Å².